The zero-order valence-electron chi connectivity index (χ0n) is 23.9. The van der Waals surface area contributed by atoms with Gasteiger partial charge in [-0.15, -0.1) is 0 Å². The Labute approximate surface area is 284 Å². The third-order valence-electron chi connectivity index (χ3n) is 7.11. The van der Waals surface area contributed by atoms with Crippen molar-refractivity contribution in [2.75, 3.05) is 6.61 Å². The zero-order chi connectivity index (χ0) is 31.5. The molecule has 0 N–H and O–H groups in total. The molecule has 4 aromatic carbocycles. The second kappa shape index (κ2) is 13.6. The van der Waals surface area contributed by atoms with Gasteiger partial charge in [-0.1, -0.05) is 100 Å². The first-order chi connectivity index (χ1) is 21.8. The smallest absolute Gasteiger partial charge is 0.338 e. The molecule has 0 spiro atoms. The van der Waals surface area contributed by atoms with Crippen LogP contribution in [0.4, 0.5) is 4.39 Å². The van der Waals surface area contributed by atoms with Gasteiger partial charge in [-0.05, 0) is 71.0 Å². The summed E-state index contributed by atoms with van der Waals surface area (Å²) in [5.41, 5.74) is 3.24. The fraction of sp³-hybridized carbons (Fsp3) is 0.114. The number of hydrogen-bond acceptors (Lipinski definition) is 6. The largest absolute Gasteiger partial charge is 0.487 e. The highest BCUT2D eigenvalue weighted by molar-refractivity contribution is 14.1. The summed E-state index contributed by atoms with van der Waals surface area (Å²) in [5, 5.41) is 0. The van der Waals surface area contributed by atoms with E-state index >= 15 is 0 Å². The molecule has 226 valence electrons. The Hall–Kier alpha value is -3.87. The van der Waals surface area contributed by atoms with Crippen LogP contribution in [0.3, 0.4) is 0 Å². The first-order valence-corrected chi connectivity index (χ1v) is 16.7. The van der Waals surface area contributed by atoms with E-state index in [2.05, 4.69) is 38.5 Å². The number of nitrogens with zero attached hydrogens (tertiary/aromatic N) is 2. The molecule has 0 unspecified atom stereocenters. The number of carbonyl (C=O) groups excluding carboxylic acids is 1. The molecule has 0 fully saturated rings. The minimum Gasteiger partial charge on any atom is -0.487 e. The highest BCUT2D eigenvalue weighted by Gasteiger charge is 2.35. The van der Waals surface area contributed by atoms with Crippen LogP contribution < -0.4 is 19.6 Å². The number of hydrogen-bond donors (Lipinski definition) is 0. The number of rotatable bonds is 8. The first-order valence-electron chi connectivity index (χ1n) is 14.0. The summed E-state index contributed by atoms with van der Waals surface area (Å²) in [5.74, 6) is -0.383. The molecule has 1 aliphatic heterocycles. The molecule has 2 heterocycles. The summed E-state index contributed by atoms with van der Waals surface area (Å²) in [6, 6.07) is 27.9. The fourth-order valence-corrected chi connectivity index (χ4v) is 7.81. The molecule has 1 aliphatic rings. The van der Waals surface area contributed by atoms with Crippen molar-refractivity contribution in [1.29, 1.82) is 0 Å². The van der Waals surface area contributed by atoms with E-state index in [1.807, 2.05) is 72.8 Å². The van der Waals surface area contributed by atoms with E-state index in [1.54, 1.807) is 25.1 Å². The van der Waals surface area contributed by atoms with Crippen molar-refractivity contribution >= 4 is 67.6 Å². The molecule has 0 bridgehead atoms. The van der Waals surface area contributed by atoms with Crippen LogP contribution in [0.25, 0.3) is 11.8 Å². The Morgan fingerprint density at radius 2 is 1.73 bits per heavy atom. The Bertz CT molecular complexity index is 2100. The monoisotopic (exact) mass is 794 g/mol. The van der Waals surface area contributed by atoms with Gasteiger partial charge in [-0.3, -0.25) is 9.36 Å². The minimum absolute atomic E-state index is 0.137. The van der Waals surface area contributed by atoms with Crippen LogP contribution in [0.1, 0.15) is 35.2 Å². The van der Waals surface area contributed by atoms with Crippen molar-refractivity contribution in [2.24, 2.45) is 4.99 Å². The Morgan fingerprint density at radius 3 is 2.42 bits per heavy atom. The quantitative estimate of drug-likeness (QED) is 0.125. The van der Waals surface area contributed by atoms with Crippen molar-refractivity contribution in [3.63, 3.8) is 0 Å². The normalized spacial score (nSPS) is 14.6. The van der Waals surface area contributed by atoms with E-state index in [0.717, 1.165) is 13.6 Å². The molecule has 45 heavy (non-hydrogen) atoms. The van der Waals surface area contributed by atoms with Crippen molar-refractivity contribution in [2.45, 2.75) is 19.6 Å². The average molecular weight is 795 g/mol. The van der Waals surface area contributed by atoms with Crippen LogP contribution in [-0.2, 0) is 16.1 Å². The summed E-state index contributed by atoms with van der Waals surface area (Å²) >= 11 is 7.02. The van der Waals surface area contributed by atoms with Crippen molar-refractivity contribution in [3.05, 3.63) is 158 Å². The van der Waals surface area contributed by atoms with Crippen LogP contribution >= 0.6 is 49.9 Å². The van der Waals surface area contributed by atoms with Crippen LogP contribution in [0, 0.1) is 9.39 Å². The lowest BCUT2D eigenvalue weighted by atomic mass is 9.93. The molecule has 6 nitrogen and oxygen atoms in total. The molecule has 10 heteroatoms. The van der Waals surface area contributed by atoms with Crippen LogP contribution in [0.15, 0.2) is 117 Å². The standard InChI is InChI=1S/C35H25BrFIN2O4S/c1-2-43-34(42)29-30(22-11-7-4-8-12-22)39-35-40(31(29)23-13-15-26(37)16-14-23)33(41)28(45-35)18-24-17-25(36)19-27(38)32(24)44-20-21-9-5-3-6-10-21/h3-19,31H,2,20H2,1H3/b28-18-/t31-/m0/s1. The summed E-state index contributed by atoms with van der Waals surface area (Å²) < 4.78 is 29.4. The molecule has 0 radical (unpaired) electrons. The molecule has 1 atom stereocenters. The SMILES string of the molecule is CCOC(=O)C1=C(c2ccccc2)N=c2s/c(=C\c3cc(Br)cc(I)c3OCc3ccccc3)c(=O)n2[C@H]1c1ccc(F)cc1. The van der Waals surface area contributed by atoms with Gasteiger partial charge >= 0.3 is 5.97 Å². The Balaban J connectivity index is 1.57. The van der Waals surface area contributed by atoms with Gasteiger partial charge < -0.3 is 9.47 Å². The maximum Gasteiger partial charge on any atom is 0.338 e. The highest BCUT2D eigenvalue weighted by Crippen LogP contribution is 2.35. The van der Waals surface area contributed by atoms with Crippen molar-refractivity contribution in [1.82, 2.24) is 4.57 Å². The number of ether oxygens (including phenoxy) is 2. The number of halogens is 3. The maximum atomic E-state index is 14.3. The molecular formula is C35H25BrFIN2O4S. The van der Waals surface area contributed by atoms with Gasteiger partial charge in [-0.25, -0.2) is 14.2 Å². The fourth-order valence-electron chi connectivity index (χ4n) is 5.11. The molecular weight excluding hydrogens is 770 g/mol. The second-order valence-electron chi connectivity index (χ2n) is 10.1. The lowest BCUT2D eigenvalue weighted by molar-refractivity contribution is -0.138. The van der Waals surface area contributed by atoms with Gasteiger partial charge in [0.1, 0.15) is 18.2 Å². The first kappa shape index (κ1) is 31.1. The second-order valence-corrected chi connectivity index (χ2v) is 13.2. The number of thiazole rings is 1. The van der Waals surface area contributed by atoms with Gasteiger partial charge in [-0.2, -0.15) is 0 Å². The predicted molar refractivity (Wildman–Crippen MR) is 185 cm³/mol. The van der Waals surface area contributed by atoms with E-state index < -0.39 is 17.8 Å². The zero-order valence-corrected chi connectivity index (χ0v) is 28.4. The summed E-state index contributed by atoms with van der Waals surface area (Å²) in [7, 11) is 0. The molecule has 5 aromatic rings. The van der Waals surface area contributed by atoms with Gasteiger partial charge in [0.15, 0.2) is 4.80 Å². The van der Waals surface area contributed by atoms with Gasteiger partial charge in [0, 0.05) is 15.6 Å². The molecule has 6 rings (SSSR count). The van der Waals surface area contributed by atoms with Gasteiger partial charge in [0.25, 0.3) is 5.56 Å². The molecule has 0 saturated carbocycles. The van der Waals surface area contributed by atoms with Crippen molar-refractivity contribution < 1.29 is 18.7 Å². The maximum absolute atomic E-state index is 14.3. The predicted octanol–water partition coefficient (Wildman–Crippen LogP) is 7.02. The van der Waals surface area contributed by atoms with Crippen LogP contribution in [0.5, 0.6) is 5.75 Å². The lowest BCUT2D eigenvalue weighted by Gasteiger charge is -2.25. The van der Waals surface area contributed by atoms with Gasteiger partial charge in [0.05, 0.1) is 32.0 Å². The minimum atomic E-state index is -0.894. The number of carbonyl (C=O) groups is 1. The van der Waals surface area contributed by atoms with Crippen LogP contribution in [0.2, 0.25) is 0 Å². The third-order valence-corrected chi connectivity index (χ3v) is 9.35. The molecule has 0 saturated heterocycles. The topological polar surface area (TPSA) is 69.9 Å². The van der Waals surface area contributed by atoms with Crippen molar-refractivity contribution in [3.8, 4) is 5.75 Å². The number of fused-ring (bicyclic) bond motifs is 1. The Morgan fingerprint density at radius 1 is 1.04 bits per heavy atom. The van der Waals surface area contributed by atoms with E-state index in [1.165, 1.54) is 28.0 Å². The highest BCUT2D eigenvalue weighted by atomic mass is 127. The van der Waals surface area contributed by atoms with E-state index in [0.29, 0.717) is 44.1 Å². The number of esters is 1. The number of benzene rings is 4. The Kier molecular flexibility index (Phi) is 9.43. The molecule has 1 aromatic heterocycles. The average Bonchev–Trinajstić information content (AvgIpc) is 3.35. The summed E-state index contributed by atoms with van der Waals surface area (Å²) in [6.45, 7) is 2.21. The van der Waals surface area contributed by atoms with E-state index in [-0.39, 0.29) is 17.7 Å². The number of aromatic nitrogens is 1. The van der Waals surface area contributed by atoms with Crippen LogP contribution in [-0.4, -0.2) is 17.1 Å². The summed E-state index contributed by atoms with van der Waals surface area (Å²) in [6.07, 6.45) is 1.79. The lowest BCUT2D eigenvalue weighted by Crippen LogP contribution is -2.40. The molecule has 0 aliphatic carbocycles. The van der Waals surface area contributed by atoms with Gasteiger partial charge in [0.2, 0.25) is 0 Å². The molecule has 0 amide bonds. The summed E-state index contributed by atoms with van der Waals surface area (Å²) in [4.78, 5) is 33.2. The van der Waals surface area contributed by atoms with E-state index in [9.17, 15) is 14.0 Å². The van der Waals surface area contributed by atoms with E-state index in [4.69, 9.17) is 14.5 Å². The third kappa shape index (κ3) is 6.58.